The van der Waals surface area contributed by atoms with E-state index in [0.29, 0.717) is 16.7 Å². The predicted octanol–water partition coefficient (Wildman–Crippen LogP) is 4.12. The minimum absolute atomic E-state index is 0.177. The van der Waals surface area contributed by atoms with E-state index in [-0.39, 0.29) is 6.04 Å². The van der Waals surface area contributed by atoms with Crippen molar-refractivity contribution in [3.05, 3.63) is 52.7 Å². The van der Waals surface area contributed by atoms with E-state index in [4.69, 9.17) is 22.1 Å². The molecule has 0 spiro atoms. The molecule has 0 aliphatic carbocycles. The Kier molecular flexibility index (Phi) is 4.99. The fourth-order valence-electron chi connectivity index (χ4n) is 1.93. The van der Waals surface area contributed by atoms with Crippen molar-refractivity contribution in [3.63, 3.8) is 0 Å². The standard InChI is InChI=1S/C16H19ClN2O/c1-3-14(18)8-12-7-11(2)16(19-10-12)20-15-6-4-5-13(17)9-15/h4-7,9-10,14H,3,8,18H2,1-2H3. The molecule has 0 aliphatic rings. The van der Waals surface area contributed by atoms with E-state index in [1.165, 1.54) is 0 Å². The number of nitrogens with zero attached hydrogens (tertiary/aromatic N) is 1. The number of hydrogen-bond donors (Lipinski definition) is 1. The highest BCUT2D eigenvalue weighted by molar-refractivity contribution is 6.30. The Hall–Kier alpha value is -1.58. The normalized spacial score (nSPS) is 12.2. The zero-order chi connectivity index (χ0) is 14.5. The number of aromatic nitrogens is 1. The fraction of sp³-hybridized carbons (Fsp3) is 0.312. The van der Waals surface area contributed by atoms with Crippen molar-refractivity contribution in [1.29, 1.82) is 0 Å². The fourth-order valence-corrected chi connectivity index (χ4v) is 2.11. The lowest BCUT2D eigenvalue weighted by atomic mass is 10.1. The van der Waals surface area contributed by atoms with Crippen molar-refractivity contribution >= 4 is 11.6 Å². The third kappa shape index (κ3) is 3.95. The van der Waals surface area contributed by atoms with Gasteiger partial charge in [-0.05, 0) is 49.6 Å². The minimum atomic E-state index is 0.177. The van der Waals surface area contributed by atoms with Gasteiger partial charge in [-0.3, -0.25) is 0 Å². The molecule has 0 saturated heterocycles. The van der Waals surface area contributed by atoms with Crippen LogP contribution >= 0.6 is 11.6 Å². The van der Waals surface area contributed by atoms with Gasteiger partial charge in [0.05, 0.1) is 0 Å². The highest BCUT2D eigenvalue weighted by Gasteiger charge is 2.07. The maximum atomic E-state index is 5.96. The molecule has 1 atom stereocenters. The third-order valence-electron chi connectivity index (χ3n) is 3.12. The van der Waals surface area contributed by atoms with Gasteiger partial charge >= 0.3 is 0 Å². The van der Waals surface area contributed by atoms with Crippen LogP contribution in [0, 0.1) is 6.92 Å². The Morgan fingerprint density at radius 3 is 2.80 bits per heavy atom. The Morgan fingerprint density at radius 2 is 2.15 bits per heavy atom. The molecule has 0 bridgehead atoms. The monoisotopic (exact) mass is 290 g/mol. The number of halogens is 1. The summed E-state index contributed by atoms with van der Waals surface area (Å²) in [6, 6.07) is 9.53. The molecule has 0 aliphatic heterocycles. The van der Waals surface area contributed by atoms with Crippen molar-refractivity contribution < 1.29 is 4.74 Å². The second-order valence-electron chi connectivity index (χ2n) is 4.90. The maximum absolute atomic E-state index is 5.96. The molecule has 0 saturated carbocycles. The zero-order valence-corrected chi connectivity index (χ0v) is 12.5. The molecule has 1 heterocycles. The molecule has 3 nitrogen and oxygen atoms in total. The quantitative estimate of drug-likeness (QED) is 0.901. The maximum Gasteiger partial charge on any atom is 0.222 e. The second kappa shape index (κ2) is 6.73. The number of nitrogens with two attached hydrogens (primary N) is 1. The average molecular weight is 291 g/mol. The average Bonchev–Trinajstić information content (AvgIpc) is 2.42. The molecule has 2 N–H and O–H groups in total. The first-order valence-corrected chi connectivity index (χ1v) is 7.10. The van der Waals surface area contributed by atoms with E-state index < -0.39 is 0 Å². The summed E-state index contributed by atoms with van der Waals surface area (Å²) >= 11 is 5.94. The first kappa shape index (κ1) is 14.8. The zero-order valence-electron chi connectivity index (χ0n) is 11.8. The van der Waals surface area contributed by atoms with Gasteiger partial charge in [-0.1, -0.05) is 24.6 Å². The van der Waals surface area contributed by atoms with E-state index >= 15 is 0 Å². The lowest BCUT2D eigenvalue weighted by Gasteiger charge is -2.11. The molecular weight excluding hydrogens is 272 g/mol. The van der Waals surface area contributed by atoms with Gasteiger partial charge in [0.15, 0.2) is 0 Å². The summed E-state index contributed by atoms with van der Waals surface area (Å²) in [5.41, 5.74) is 8.09. The van der Waals surface area contributed by atoms with Gasteiger partial charge in [-0.15, -0.1) is 0 Å². The molecule has 1 aromatic carbocycles. The van der Waals surface area contributed by atoms with Crippen molar-refractivity contribution in [1.82, 2.24) is 4.98 Å². The second-order valence-corrected chi connectivity index (χ2v) is 5.33. The summed E-state index contributed by atoms with van der Waals surface area (Å²) in [7, 11) is 0. The smallest absolute Gasteiger partial charge is 0.222 e. The van der Waals surface area contributed by atoms with Gasteiger partial charge in [0.2, 0.25) is 5.88 Å². The van der Waals surface area contributed by atoms with E-state index in [0.717, 1.165) is 24.0 Å². The summed E-state index contributed by atoms with van der Waals surface area (Å²) < 4.78 is 5.75. The summed E-state index contributed by atoms with van der Waals surface area (Å²) in [4.78, 5) is 4.37. The molecule has 2 aromatic rings. The SMILES string of the molecule is CCC(N)Cc1cnc(Oc2cccc(Cl)c2)c(C)c1. The van der Waals surface area contributed by atoms with Gasteiger partial charge < -0.3 is 10.5 Å². The van der Waals surface area contributed by atoms with Gasteiger partial charge in [0, 0.05) is 22.8 Å². The van der Waals surface area contributed by atoms with Crippen LogP contribution in [0.3, 0.4) is 0 Å². The Bertz CT molecular complexity index is 586. The van der Waals surface area contributed by atoms with Crippen LogP contribution < -0.4 is 10.5 Å². The number of rotatable bonds is 5. The van der Waals surface area contributed by atoms with E-state index in [2.05, 4.69) is 18.0 Å². The Balaban J connectivity index is 2.13. The van der Waals surface area contributed by atoms with Gasteiger partial charge in [0.1, 0.15) is 5.75 Å². The van der Waals surface area contributed by atoms with E-state index in [9.17, 15) is 0 Å². The summed E-state index contributed by atoms with van der Waals surface area (Å²) in [5.74, 6) is 1.28. The molecule has 20 heavy (non-hydrogen) atoms. The molecule has 1 aromatic heterocycles. The van der Waals surface area contributed by atoms with Gasteiger partial charge in [-0.25, -0.2) is 4.98 Å². The van der Waals surface area contributed by atoms with Crippen molar-refractivity contribution in [2.24, 2.45) is 5.73 Å². The van der Waals surface area contributed by atoms with E-state index in [1.54, 1.807) is 6.07 Å². The van der Waals surface area contributed by atoms with E-state index in [1.807, 2.05) is 31.3 Å². The lowest BCUT2D eigenvalue weighted by Crippen LogP contribution is -2.21. The number of ether oxygens (including phenoxy) is 1. The molecule has 0 amide bonds. The first-order chi connectivity index (χ1) is 9.58. The largest absolute Gasteiger partial charge is 0.439 e. The highest BCUT2D eigenvalue weighted by atomic mass is 35.5. The van der Waals surface area contributed by atoms with Crippen LogP contribution in [0.4, 0.5) is 0 Å². The predicted molar refractivity (Wildman–Crippen MR) is 82.5 cm³/mol. The first-order valence-electron chi connectivity index (χ1n) is 6.73. The van der Waals surface area contributed by atoms with Crippen LogP contribution in [0.1, 0.15) is 24.5 Å². The molecule has 2 rings (SSSR count). The topological polar surface area (TPSA) is 48.1 Å². The lowest BCUT2D eigenvalue weighted by molar-refractivity contribution is 0.458. The van der Waals surface area contributed by atoms with Crippen LogP contribution in [-0.2, 0) is 6.42 Å². The molecule has 1 unspecified atom stereocenters. The molecular formula is C16H19ClN2O. The van der Waals surface area contributed by atoms with Crippen LogP contribution in [-0.4, -0.2) is 11.0 Å². The summed E-state index contributed by atoms with van der Waals surface area (Å²) in [6.07, 6.45) is 3.62. The summed E-state index contributed by atoms with van der Waals surface area (Å²) in [6.45, 7) is 4.06. The van der Waals surface area contributed by atoms with Crippen molar-refractivity contribution in [3.8, 4) is 11.6 Å². The van der Waals surface area contributed by atoms with Crippen LogP contribution in [0.15, 0.2) is 36.5 Å². The van der Waals surface area contributed by atoms with Gasteiger partial charge in [0.25, 0.3) is 0 Å². The third-order valence-corrected chi connectivity index (χ3v) is 3.35. The van der Waals surface area contributed by atoms with Crippen LogP contribution in [0.25, 0.3) is 0 Å². The Morgan fingerprint density at radius 1 is 1.35 bits per heavy atom. The molecule has 0 fully saturated rings. The van der Waals surface area contributed by atoms with Crippen LogP contribution in [0.2, 0.25) is 5.02 Å². The number of aryl methyl sites for hydroxylation is 1. The van der Waals surface area contributed by atoms with Crippen LogP contribution in [0.5, 0.6) is 11.6 Å². The number of pyridine rings is 1. The number of benzene rings is 1. The van der Waals surface area contributed by atoms with Crippen molar-refractivity contribution in [2.45, 2.75) is 32.7 Å². The highest BCUT2D eigenvalue weighted by Crippen LogP contribution is 2.25. The molecule has 0 radical (unpaired) electrons. The van der Waals surface area contributed by atoms with Crippen molar-refractivity contribution in [2.75, 3.05) is 0 Å². The van der Waals surface area contributed by atoms with Gasteiger partial charge in [-0.2, -0.15) is 0 Å². The molecule has 4 heteroatoms. The minimum Gasteiger partial charge on any atom is -0.439 e. The Labute approximate surface area is 124 Å². The number of hydrogen-bond acceptors (Lipinski definition) is 3. The molecule has 106 valence electrons. The summed E-state index contributed by atoms with van der Waals surface area (Å²) in [5, 5.41) is 0.644.